The summed E-state index contributed by atoms with van der Waals surface area (Å²) in [6.45, 7) is 4.50. The molecule has 6 rings (SSSR count). The number of aliphatic hydroxyl groups is 1. The molecule has 0 spiro atoms. The molecule has 3 heterocycles. The van der Waals surface area contributed by atoms with Gasteiger partial charge in [0.1, 0.15) is 5.75 Å². The first kappa shape index (κ1) is 23.2. The van der Waals surface area contributed by atoms with Crippen molar-refractivity contribution in [3.05, 3.63) is 59.7 Å². The van der Waals surface area contributed by atoms with Gasteiger partial charge in [-0.15, -0.1) is 0 Å². The van der Waals surface area contributed by atoms with Gasteiger partial charge in [-0.3, -0.25) is 4.90 Å². The van der Waals surface area contributed by atoms with Crippen molar-refractivity contribution < 1.29 is 10.2 Å². The number of anilines is 2. The van der Waals surface area contributed by atoms with Crippen LogP contribution in [0.15, 0.2) is 48.5 Å². The number of hydrogen-bond donors (Lipinski definition) is 2. The molecule has 1 aromatic heterocycles. The van der Waals surface area contributed by atoms with Crippen molar-refractivity contribution in [1.82, 2.24) is 19.9 Å². The molecule has 1 saturated carbocycles. The first-order chi connectivity index (χ1) is 17.7. The largest absolute Gasteiger partial charge is 0.508 e. The van der Waals surface area contributed by atoms with Crippen LogP contribution in [0.3, 0.4) is 0 Å². The van der Waals surface area contributed by atoms with Gasteiger partial charge in [-0.05, 0) is 42.5 Å². The van der Waals surface area contributed by atoms with Gasteiger partial charge in [0.15, 0.2) is 5.82 Å². The molecule has 188 valence electrons. The number of nitrogens with zero attached hydrogens (tertiary/aromatic N) is 6. The van der Waals surface area contributed by atoms with Gasteiger partial charge in [-0.25, -0.2) is 0 Å². The van der Waals surface area contributed by atoms with Crippen LogP contribution in [0.5, 0.6) is 5.75 Å². The molecule has 0 radical (unpaired) electrons. The lowest BCUT2D eigenvalue weighted by Gasteiger charge is -2.39. The van der Waals surface area contributed by atoms with Crippen LogP contribution in [0.2, 0.25) is 0 Å². The van der Waals surface area contributed by atoms with Crippen LogP contribution in [0.1, 0.15) is 42.9 Å². The molecular formula is C28H34N6O2. The highest BCUT2D eigenvalue weighted by molar-refractivity contribution is 5.61. The number of rotatable bonds is 5. The number of aromatic hydroxyl groups is 1. The van der Waals surface area contributed by atoms with E-state index in [0.717, 1.165) is 56.3 Å². The number of fused-ring (bicyclic) bond motifs is 1. The molecule has 2 fully saturated rings. The Morgan fingerprint density at radius 1 is 0.833 bits per heavy atom. The zero-order chi connectivity index (χ0) is 24.5. The molecule has 2 aromatic carbocycles. The van der Waals surface area contributed by atoms with Crippen LogP contribution < -0.4 is 9.80 Å². The second-order valence-corrected chi connectivity index (χ2v) is 10.1. The summed E-state index contributed by atoms with van der Waals surface area (Å²) in [5, 5.41) is 20.5. The van der Waals surface area contributed by atoms with Crippen LogP contribution in [-0.4, -0.2) is 75.4 Å². The molecule has 2 N–H and O–H groups in total. The summed E-state index contributed by atoms with van der Waals surface area (Å²) in [6, 6.07) is 15.9. The summed E-state index contributed by atoms with van der Waals surface area (Å²) in [6.07, 6.45) is 6.20. The quantitative estimate of drug-likeness (QED) is 0.567. The average molecular weight is 487 g/mol. The Bertz CT molecular complexity index is 1210. The minimum atomic E-state index is -0.207. The molecular weight excluding hydrogens is 452 g/mol. The van der Waals surface area contributed by atoms with Gasteiger partial charge in [-0.2, -0.15) is 15.0 Å². The predicted molar refractivity (Wildman–Crippen MR) is 140 cm³/mol. The SMILES string of the molecule is OC[C@H]1c2ccccc2CCN1c1nc(-c2cccc(O)c2)nc(N2CCN(C3CCCC3)CC2)n1. The second-order valence-electron chi connectivity index (χ2n) is 10.1. The number of aromatic nitrogens is 3. The number of phenolic OH excluding ortho intramolecular Hbond substituents is 1. The Morgan fingerprint density at radius 3 is 2.39 bits per heavy atom. The van der Waals surface area contributed by atoms with E-state index in [1.165, 1.54) is 31.2 Å². The van der Waals surface area contributed by atoms with Crippen LogP contribution in [0, 0.1) is 0 Å². The van der Waals surface area contributed by atoms with Crippen molar-refractivity contribution in [3.63, 3.8) is 0 Å². The first-order valence-electron chi connectivity index (χ1n) is 13.2. The van der Waals surface area contributed by atoms with Gasteiger partial charge in [0.2, 0.25) is 11.9 Å². The van der Waals surface area contributed by atoms with E-state index in [-0.39, 0.29) is 18.4 Å². The number of aliphatic hydroxyl groups excluding tert-OH is 1. The number of phenols is 1. The normalized spacial score (nSPS) is 21.1. The number of hydrogen-bond acceptors (Lipinski definition) is 8. The summed E-state index contributed by atoms with van der Waals surface area (Å²) < 4.78 is 0. The maximum Gasteiger partial charge on any atom is 0.231 e. The third kappa shape index (κ3) is 4.51. The molecule has 1 atom stereocenters. The van der Waals surface area contributed by atoms with Crippen molar-refractivity contribution in [2.24, 2.45) is 0 Å². The molecule has 36 heavy (non-hydrogen) atoms. The zero-order valence-corrected chi connectivity index (χ0v) is 20.6. The van der Waals surface area contributed by atoms with Crippen molar-refractivity contribution in [1.29, 1.82) is 0 Å². The topological polar surface area (TPSA) is 88.8 Å². The summed E-state index contributed by atoms with van der Waals surface area (Å²) >= 11 is 0. The van der Waals surface area contributed by atoms with E-state index in [1.54, 1.807) is 12.1 Å². The third-order valence-corrected chi connectivity index (χ3v) is 8.00. The number of benzene rings is 2. The molecule has 8 heteroatoms. The number of piperazine rings is 1. The van der Waals surface area contributed by atoms with Crippen LogP contribution >= 0.6 is 0 Å². The third-order valence-electron chi connectivity index (χ3n) is 8.00. The van der Waals surface area contributed by atoms with E-state index >= 15 is 0 Å². The molecule has 3 aliphatic rings. The standard InChI is InChI=1S/C28H34N6O2/c35-19-25-24-11-4-1-6-20(24)12-13-34(25)28-30-26(21-7-5-10-23(36)18-21)29-27(31-28)33-16-14-32(15-17-33)22-8-2-3-9-22/h1,4-7,10-11,18,22,25,35-36H,2-3,8-9,12-17,19H2/t25-/m0/s1. The van der Waals surface area contributed by atoms with Crippen LogP contribution in [0.4, 0.5) is 11.9 Å². The Hall–Kier alpha value is -3.23. The fourth-order valence-electron chi connectivity index (χ4n) is 6.04. The summed E-state index contributed by atoms with van der Waals surface area (Å²) in [4.78, 5) is 21.7. The summed E-state index contributed by atoms with van der Waals surface area (Å²) in [7, 11) is 0. The molecule has 1 saturated heterocycles. The van der Waals surface area contributed by atoms with Crippen LogP contribution in [0.25, 0.3) is 11.4 Å². The van der Waals surface area contributed by atoms with Crippen molar-refractivity contribution in [2.75, 3.05) is 49.1 Å². The minimum absolute atomic E-state index is 0.0143. The maximum absolute atomic E-state index is 10.4. The predicted octanol–water partition coefficient (Wildman–Crippen LogP) is 3.40. The molecule has 0 amide bonds. The molecule has 8 nitrogen and oxygen atoms in total. The maximum atomic E-state index is 10.4. The average Bonchev–Trinajstić information content (AvgIpc) is 3.47. The van der Waals surface area contributed by atoms with E-state index in [0.29, 0.717) is 17.7 Å². The highest BCUT2D eigenvalue weighted by Crippen LogP contribution is 2.34. The Morgan fingerprint density at radius 2 is 1.61 bits per heavy atom. The Balaban J connectivity index is 1.34. The molecule has 1 aliphatic carbocycles. The monoisotopic (exact) mass is 486 g/mol. The fourth-order valence-corrected chi connectivity index (χ4v) is 6.04. The van der Waals surface area contributed by atoms with E-state index in [9.17, 15) is 10.2 Å². The lowest BCUT2D eigenvalue weighted by Crippen LogP contribution is -2.50. The van der Waals surface area contributed by atoms with Crippen molar-refractivity contribution in [3.8, 4) is 17.1 Å². The van der Waals surface area contributed by atoms with Gasteiger partial charge in [-0.1, -0.05) is 49.2 Å². The molecule has 0 bridgehead atoms. The van der Waals surface area contributed by atoms with Crippen molar-refractivity contribution >= 4 is 11.9 Å². The lowest BCUT2D eigenvalue weighted by molar-refractivity contribution is 0.187. The van der Waals surface area contributed by atoms with E-state index in [4.69, 9.17) is 15.0 Å². The van der Waals surface area contributed by atoms with E-state index in [2.05, 4.69) is 32.9 Å². The zero-order valence-electron chi connectivity index (χ0n) is 20.6. The van der Waals surface area contributed by atoms with Gasteiger partial charge < -0.3 is 20.0 Å². The van der Waals surface area contributed by atoms with Crippen molar-refractivity contribution in [2.45, 2.75) is 44.2 Å². The Kier molecular flexibility index (Phi) is 6.46. The molecule has 0 unspecified atom stereocenters. The fraction of sp³-hybridized carbons (Fsp3) is 0.464. The smallest absolute Gasteiger partial charge is 0.231 e. The highest BCUT2D eigenvalue weighted by Gasteiger charge is 2.31. The van der Waals surface area contributed by atoms with Gasteiger partial charge >= 0.3 is 0 Å². The lowest BCUT2D eigenvalue weighted by atomic mass is 9.93. The van der Waals surface area contributed by atoms with E-state index in [1.807, 2.05) is 18.2 Å². The first-order valence-corrected chi connectivity index (χ1v) is 13.2. The summed E-state index contributed by atoms with van der Waals surface area (Å²) in [5.41, 5.74) is 3.14. The van der Waals surface area contributed by atoms with Gasteiger partial charge in [0.05, 0.1) is 12.6 Å². The van der Waals surface area contributed by atoms with Gasteiger partial charge in [0.25, 0.3) is 0 Å². The molecule has 3 aromatic rings. The van der Waals surface area contributed by atoms with Gasteiger partial charge in [0, 0.05) is 44.3 Å². The highest BCUT2D eigenvalue weighted by atomic mass is 16.3. The molecule has 2 aliphatic heterocycles. The van der Waals surface area contributed by atoms with E-state index < -0.39 is 0 Å². The summed E-state index contributed by atoms with van der Waals surface area (Å²) in [5.74, 6) is 1.96. The minimum Gasteiger partial charge on any atom is -0.508 e. The second kappa shape index (κ2) is 10.0. The Labute approximate surface area is 212 Å². The van der Waals surface area contributed by atoms with Crippen LogP contribution in [-0.2, 0) is 6.42 Å².